The predicted molar refractivity (Wildman–Crippen MR) is 120 cm³/mol. The second kappa shape index (κ2) is 10.5. The van der Waals surface area contributed by atoms with Gasteiger partial charge in [0.1, 0.15) is 23.1 Å². The molecule has 0 aliphatic rings. The molecule has 0 N–H and O–H groups in total. The Morgan fingerprint density at radius 1 is 1.10 bits per heavy atom. The van der Waals surface area contributed by atoms with Crippen LogP contribution in [0.1, 0.15) is 34.9 Å². The summed E-state index contributed by atoms with van der Waals surface area (Å²) in [7, 11) is 1.61. The number of methoxy groups -OCH3 is 1. The maximum absolute atomic E-state index is 13.1. The third kappa shape index (κ3) is 6.21. The molecule has 0 saturated carbocycles. The van der Waals surface area contributed by atoms with Crippen LogP contribution in [0.2, 0.25) is 5.02 Å². The van der Waals surface area contributed by atoms with Gasteiger partial charge in [0.2, 0.25) is 0 Å². The summed E-state index contributed by atoms with van der Waals surface area (Å²) < 4.78 is 10.9. The maximum atomic E-state index is 13.1. The van der Waals surface area contributed by atoms with Gasteiger partial charge in [-0.05, 0) is 54.4 Å². The molecule has 0 spiro atoms. The van der Waals surface area contributed by atoms with E-state index >= 15 is 0 Å². The number of hydrogen-bond donors (Lipinski definition) is 0. The Labute approximate surface area is 186 Å². The van der Waals surface area contributed by atoms with Gasteiger partial charge in [-0.1, -0.05) is 25.4 Å². The Morgan fingerprint density at radius 2 is 1.77 bits per heavy atom. The lowest BCUT2D eigenvalue weighted by Gasteiger charge is -2.24. The first-order chi connectivity index (χ1) is 14.4. The topological polar surface area (TPSA) is 51.7 Å². The minimum atomic E-state index is -0.0154. The van der Waals surface area contributed by atoms with Gasteiger partial charge in [0.05, 0.1) is 19.3 Å². The van der Waals surface area contributed by atoms with Gasteiger partial charge in [-0.3, -0.25) is 4.79 Å². The number of carbonyl (C=O) groups excluding carboxylic acids is 1. The van der Waals surface area contributed by atoms with Crippen molar-refractivity contribution in [2.24, 2.45) is 5.92 Å². The highest BCUT2D eigenvalue weighted by atomic mass is 35.5. The van der Waals surface area contributed by atoms with Crippen molar-refractivity contribution in [1.82, 2.24) is 9.88 Å². The van der Waals surface area contributed by atoms with Gasteiger partial charge in [-0.2, -0.15) is 0 Å². The van der Waals surface area contributed by atoms with Gasteiger partial charge in [0.15, 0.2) is 0 Å². The Morgan fingerprint density at radius 3 is 2.40 bits per heavy atom. The number of rotatable bonds is 9. The molecule has 0 aliphatic carbocycles. The highest BCUT2D eigenvalue weighted by Crippen LogP contribution is 2.20. The van der Waals surface area contributed by atoms with Crippen LogP contribution in [0.4, 0.5) is 0 Å². The number of hydrogen-bond acceptors (Lipinski definition) is 5. The molecule has 0 bridgehead atoms. The van der Waals surface area contributed by atoms with E-state index in [1.807, 2.05) is 22.4 Å². The van der Waals surface area contributed by atoms with Crippen molar-refractivity contribution in [2.75, 3.05) is 13.7 Å². The third-order valence-corrected chi connectivity index (χ3v) is 5.46. The lowest BCUT2D eigenvalue weighted by atomic mass is 10.1. The standard InChI is InChI=1S/C23H25ClN2O3S/c1-16(2)12-26(23(27)17-4-8-20(28-3)9-5-17)13-19-15-30-22(25-19)14-29-21-10-6-18(24)7-11-21/h4-11,15-16H,12-14H2,1-3H3. The van der Waals surface area contributed by atoms with Crippen LogP contribution in [0.15, 0.2) is 53.9 Å². The fourth-order valence-electron chi connectivity index (χ4n) is 2.94. The summed E-state index contributed by atoms with van der Waals surface area (Å²) in [5.41, 5.74) is 1.50. The minimum absolute atomic E-state index is 0.0154. The molecule has 3 rings (SSSR count). The largest absolute Gasteiger partial charge is 0.497 e. The van der Waals surface area contributed by atoms with Gasteiger partial charge in [-0.25, -0.2) is 4.98 Å². The quantitative estimate of drug-likeness (QED) is 0.426. The van der Waals surface area contributed by atoms with Crippen LogP contribution in [0.3, 0.4) is 0 Å². The van der Waals surface area contributed by atoms with Crippen LogP contribution in [0, 0.1) is 5.92 Å². The van der Waals surface area contributed by atoms with E-state index < -0.39 is 0 Å². The molecule has 2 aromatic carbocycles. The summed E-state index contributed by atoms with van der Waals surface area (Å²) in [4.78, 5) is 19.5. The van der Waals surface area contributed by atoms with Gasteiger partial charge in [0.25, 0.3) is 5.91 Å². The minimum Gasteiger partial charge on any atom is -0.497 e. The average Bonchev–Trinajstić information content (AvgIpc) is 3.19. The molecule has 0 saturated heterocycles. The molecule has 1 amide bonds. The van der Waals surface area contributed by atoms with Crippen LogP contribution in [-0.2, 0) is 13.2 Å². The molecule has 0 atom stereocenters. The normalized spacial score (nSPS) is 10.8. The first kappa shape index (κ1) is 22.1. The summed E-state index contributed by atoms with van der Waals surface area (Å²) in [6.07, 6.45) is 0. The van der Waals surface area contributed by atoms with Gasteiger partial charge in [-0.15, -0.1) is 11.3 Å². The molecule has 30 heavy (non-hydrogen) atoms. The Balaban J connectivity index is 1.65. The van der Waals surface area contributed by atoms with E-state index in [0.717, 1.165) is 22.2 Å². The maximum Gasteiger partial charge on any atom is 0.254 e. The van der Waals surface area contributed by atoms with Crippen LogP contribution in [0.5, 0.6) is 11.5 Å². The van der Waals surface area contributed by atoms with E-state index in [-0.39, 0.29) is 5.91 Å². The fourth-order valence-corrected chi connectivity index (χ4v) is 3.76. The number of carbonyl (C=O) groups is 1. The van der Waals surface area contributed by atoms with E-state index in [1.54, 1.807) is 43.5 Å². The van der Waals surface area contributed by atoms with Crippen molar-refractivity contribution < 1.29 is 14.3 Å². The zero-order valence-electron chi connectivity index (χ0n) is 17.3. The van der Waals surface area contributed by atoms with E-state index in [2.05, 4.69) is 18.8 Å². The molecular formula is C23H25ClN2O3S. The van der Waals surface area contributed by atoms with Gasteiger partial charge in [0, 0.05) is 22.5 Å². The van der Waals surface area contributed by atoms with Crippen molar-refractivity contribution >= 4 is 28.8 Å². The van der Waals surface area contributed by atoms with Crippen molar-refractivity contribution in [2.45, 2.75) is 27.0 Å². The molecule has 5 nitrogen and oxygen atoms in total. The average molecular weight is 445 g/mol. The van der Waals surface area contributed by atoms with Crippen molar-refractivity contribution in [3.05, 3.63) is 75.2 Å². The molecule has 7 heteroatoms. The van der Waals surface area contributed by atoms with Crippen molar-refractivity contribution in [3.8, 4) is 11.5 Å². The van der Waals surface area contributed by atoms with Crippen LogP contribution in [-0.4, -0.2) is 29.4 Å². The molecule has 0 radical (unpaired) electrons. The number of nitrogens with zero attached hydrogens (tertiary/aromatic N) is 2. The predicted octanol–water partition coefficient (Wildman–Crippen LogP) is 5.68. The second-order valence-electron chi connectivity index (χ2n) is 7.28. The van der Waals surface area contributed by atoms with E-state index in [9.17, 15) is 4.79 Å². The summed E-state index contributed by atoms with van der Waals surface area (Å²) in [5, 5.41) is 3.52. The summed E-state index contributed by atoms with van der Waals surface area (Å²) in [6, 6.07) is 14.4. The van der Waals surface area contributed by atoms with E-state index in [1.165, 1.54) is 11.3 Å². The van der Waals surface area contributed by atoms with Crippen LogP contribution >= 0.6 is 22.9 Å². The summed E-state index contributed by atoms with van der Waals surface area (Å²) in [6.45, 7) is 5.68. The zero-order chi connectivity index (χ0) is 21.5. The van der Waals surface area contributed by atoms with Crippen LogP contribution < -0.4 is 9.47 Å². The Hall–Kier alpha value is -2.57. The second-order valence-corrected chi connectivity index (χ2v) is 8.66. The lowest BCUT2D eigenvalue weighted by molar-refractivity contribution is 0.0720. The number of amides is 1. The first-order valence-corrected chi connectivity index (χ1v) is 11.0. The molecule has 0 unspecified atom stereocenters. The smallest absolute Gasteiger partial charge is 0.254 e. The fraction of sp³-hybridized carbons (Fsp3) is 0.304. The molecular weight excluding hydrogens is 420 g/mol. The van der Waals surface area contributed by atoms with Gasteiger partial charge < -0.3 is 14.4 Å². The monoisotopic (exact) mass is 444 g/mol. The number of ether oxygens (including phenoxy) is 2. The van der Waals surface area contributed by atoms with Gasteiger partial charge >= 0.3 is 0 Å². The van der Waals surface area contributed by atoms with E-state index in [4.69, 9.17) is 21.1 Å². The number of benzene rings is 2. The SMILES string of the molecule is COc1ccc(C(=O)N(Cc2csc(COc3ccc(Cl)cc3)n2)CC(C)C)cc1. The summed E-state index contributed by atoms with van der Waals surface area (Å²) in [5.74, 6) is 1.80. The highest BCUT2D eigenvalue weighted by molar-refractivity contribution is 7.09. The number of halogens is 1. The molecule has 1 aromatic heterocycles. The van der Waals surface area contributed by atoms with E-state index in [0.29, 0.717) is 36.2 Å². The molecule has 0 aliphatic heterocycles. The van der Waals surface area contributed by atoms with Crippen molar-refractivity contribution in [3.63, 3.8) is 0 Å². The molecule has 158 valence electrons. The summed E-state index contributed by atoms with van der Waals surface area (Å²) >= 11 is 7.43. The van der Waals surface area contributed by atoms with Crippen molar-refractivity contribution in [1.29, 1.82) is 0 Å². The molecule has 1 heterocycles. The van der Waals surface area contributed by atoms with Crippen LogP contribution in [0.25, 0.3) is 0 Å². The highest BCUT2D eigenvalue weighted by Gasteiger charge is 2.19. The Bertz CT molecular complexity index is 955. The number of thiazole rings is 1. The first-order valence-electron chi connectivity index (χ1n) is 9.69. The number of aromatic nitrogens is 1. The lowest BCUT2D eigenvalue weighted by Crippen LogP contribution is -2.33. The molecule has 0 fully saturated rings. The zero-order valence-corrected chi connectivity index (χ0v) is 18.9. The molecule has 3 aromatic rings. The third-order valence-electron chi connectivity index (χ3n) is 4.34. The Kier molecular flexibility index (Phi) is 7.71.